The van der Waals surface area contributed by atoms with Crippen LogP contribution in [0.5, 0.6) is 0 Å². The highest BCUT2D eigenvalue weighted by atomic mass is 79.9. The van der Waals surface area contributed by atoms with E-state index >= 15 is 0 Å². The third-order valence-corrected chi connectivity index (χ3v) is 4.48. The third kappa shape index (κ3) is 3.17. The molecule has 0 aliphatic carbocycles. The second-order valence-corrected chi connectivity index (χ2v) is 5.81. The predicted octanol–water partition coefficient (Wildman–Crippen LogP) is 3.24. The molecule has 0 aliphatic rings. The molecule has 0 saturated heterocycles. The summed E-state index contributed by atoms with van der Waals surface area (Å²) in [5.41, 5.74) is 4.11. The summed E-state index contributed by atoms with van der Waals surface area (Å²) in [5.74, 6) is 3.70. The van der Waals surface area contributed by atoms with Crippen LogP contribution >= 0.6 is 27.3 Å². The van der Waals surface area contributed by atoms with Gasteiger partial charge in [-0.15, -0.1) is 11.3 Å². The Hall–Kier alpha value is -0.890. The van der Waals surface area contributed by atoms with Gasteiger partial charge in [-0.25, -0.2) is 13.8 Å². The van der Waals surface area contributed by atoms with E-state index in [9.17, 15) is 8.78 Å². The fourth-order valence-corrected chi connectivity index (χ4v) is 3.16. The monoisotopic (exact) mass is 347 g/mol. The van der Waals surface area contributed by atoms with Crippen LogP contribution in [0.3, 0.4) is 0 Å². The van der Waals surface area contributed by atoms with Crippen LogP contribution in [0, 0.1) is 18.6 Å². The van der Waals surface area contributed by atoms with Crippen LogP contribution in [0.1, 0.15) is 22.3 Å². The first kappa shape index (κ1) is 14.5. The third-order valence-electron chi connectivity index (χ3n) is 2.69. The molecule has 102 valence electrons. The largest absolute Gasteiger partial charge is 0.271 e. The Morgan fingerprint density at radius 3 is 2.79 bits per heavy atom. The minimum Gasteiger partial charge on any atom is -0.271 e. The number of hydrazine groups is 1. The molecule has 0 aliphatic heterocycles. The van der Waals surface area contributed by atoms with Crippen molar-refractivity contribution in [1.82, 2.24) is 10.4 Å². The number of hydrogen-bond donors (Lipinski definition) is 2. The molecule has 3 N–H and O–H groups in total. The van der Waals surface area contributed by atoms with Crippen LogP contribution in [0.25, 0.3) is 0 Å². The van der Waals surface area contributed by atoms with E-state index in [1.165, 1.54) is 17.4 Å². The topological polar surface area (TPSA) is 50.9 Å². The van der Waals surface area contributed by atoms with Crippen molar-refractivity contribution in [3.05, 3.63) is 49.9 Å². The Morgan fingerprint density at radius 1 is 1.47 bits per heavy atom. The molecule has 0 fully saturated rings. The van der Waals surface area contributed by atoms with Crippen molar-refractivity contribution in [1.29, 1.82) is 0 Å². The number of rotatable bonds is 4. The second kappa shape index (κ2) is 6.04. The molecule has 1 aromatic heterocycles. The Balaban J connectivity index is 2.29. The molecule has 0 radical (unpaired) electrons. The van der Waals surface area contributed by atoms with Crippen LogP contribution < -0.4 is 11.3 Å². The van der Waals surface area contributed by atoms with Gasteiger partial charge in [-0.3, -0.25) is 11.3 Å². The van der Waals surface area contributed by atoms with Crippen LogP contribution in [0.4, 0.5) is 8.78 Å². The van der Waals surface area contributed by atoms with Gasteiger partial charge < -0.3 is 0 Å². The molecule has 2 aromatic rings. The van der Waals surface area contributed by atoms with Crippen LogP contribution in [0.15, 0.2) is 22.0 Å². The molecule has 7 heteroatoms. The SMILES string of the molecule is Cc1csc(CC(NN)c2ccc(F)c(F)c2Br)n1. The Kier molecular flexibility index (Phi) is 4.62. The lowest BCUT2D eigenvalue weighted by Gasteiger charge is -2.17. The summed E-state index contributed by atoms with van der Waals surface area (Å²) in [5, 5.41) is 2.82. The maximum absolute atomic E-state index is 13.5. The molecule has 0 bridgehead atoms. The second-order valence-electron chi connectivity index (χ2n) is 4.07. The first-order chi connectivity index (χ1) is 9.02. The normalized spacial score (nSPS) is 12.7. The molecule has 19 heavy (non-hydrogen) atoms. The number of aromatic nitrogens is 1. The van der Waals surface area contributed by atoms with E-state index in [4.69, 9.17) is 5.84 Å². The molecule has 1 atom stereocenters. The molecular formula is C12H12BrF2N3S. The Bertz CT molecular complexity index is 588. The first-order valence-corrected chi connectivity index (χ1v) is 7.20. The standard InChI is InChI=1S/C12H12BrF2N3S/c1-6-5-19-10(17-6)4-9(18-16)7-2-3-8(14)12(15)11(7)13/h2-3,5,9,18H,4,16H2,1H3. The molecule has 2 rings (SSSR count). The molecule has 0 saturated carbocycles. The van der Waals surface area contributed by atoms with Gasteiger partial charge in [-0.1, -0.05) is 6.07 Å². The van der Waals surface area contributed by atoms with Gasteiger partial charge in [0.1, 0.15) is 0 Å². The van der Waals surface area contributed by atoms with Crippen LogP contribution in [-0.4, -0.2) is 4.98 Å². The van der Waals surface area contributed by atoms with Gasteiger partial charge in [0.05, 0.1) is 15.5 Å². The van der Waals surface area contributed by atoms with Crippen LogP contribution in [0.2, 0.25) is 0 Å². The fraction of sp³-hybridized carbons (Fsp3) is 0.250. The zero-order valence-corrected chi connectivity index (χ0v) is 12.5. The smallest absolute Gasteiger partial charge is 0.173 e. The average molecular weight is 348 g/mol. The molecule has 1 heterocycles. The van der Waals surface area contributed by atoms with E-state index in [0.29, 0.717) is 12.0 Å². The van der Waals surface area contributed by atoms with Crippen molar-refractivity contribution in [2.45, 2.75) is 19.4 Å². The number of aryl methyl sites for hydroxylation is 1. The van der Waals surface area contributed by atoms with Crippen molar-refractivity contribution < 1.29 is 8.78 Å². The lowest BCUT2D eigenvalue weighted by Crippen LogP contribution is -2.30. The van der Waals surface area contributed by atoms with E-state index in [1.807, 2.05) is 12.3 Å². The number of hydrogen-bond acceptors (Lipinski definition) is 4. The number of nitrogens with two attached hydrogens (primary N) is 1. The lowest BCUT2D eigenvalue weighted by molar-refractivity contribution is 0.491. The Labute approximate surface area is 122 Å². The molecule has 1 unspecified atom stereocenters. The highest BCUT2D eigenvalue weighted by molar-refractivity contribution is 9.10. The van der Waals surface area contributed by atoms with Crippen molar-refractivity contribution >= 4 is 27.3 Å². The van der Waals surface area contributed by atoms with Gasteiger partial charge in [0.2, 0.25) is 0 Å². The van der Waals surface area contributed by atoms with Crippen molar-refractivity contribution in [3.63, 3.8) is 0 Å². The van der Waals surface area contributed by atoms with E-state index in [-0.39, 0.29) is 10.5 Å². The lowest BCUT2D eigenvalue weighted by atomic mass is 10.0. The maximum Gasteiger partial charge on any atom is 0.173 e. The van der Waals surface area contributed by atoms with Gasteiger partial charge >= 0.3 is 0 Å². The fourth-order valence-electron chi connectivity index (χ4n) is 1.74. The summed E-state index contributed by atoms with van der Waals surface area (Å²) >= 11 is 4.57. The number of thiazole rings is 1. The van der Waals surface area contributed by atoms with Crippen molar-refractivity contribution in [3.8, 4) is 0 Å². The first-order valence-electron chi connectivity index (χ1n) is 5.53. The van der Waals surface area contributed by atoms with E-state index in [0.717, 1.165) is 16.8 Å². The summed E-state index contributed by atoms with van der Waals surface area (Å²) in [6.45, 7) is 1.90. The number of nitrogens with zero attached hydrogens (tertiary/aromatic N) is 1. The van der Waals surface area contributed by atoms with Crippen LogP contribution in [-0.2, 0) is 6.42 Å². The molecule has 0 spiro atoms. The average Bonchev–Trinajstić information content (AvgIpc) is 2.80. The maximum atomic E-state index is 13.5. The molecular weight excluding hydrogens is 336 g/mol. The molecule has 3 nitrogen and oxygen atoms in total. The summed E-state index contributed by atoms with van der Waals surface area (Å²) in [4.78, 5) is 4.33. The minimum absolute atomic E-state index is 0.0868. The number of nitrogens with one attached hydrogen (secondary N) is 1. The van der Waals surface area contributed by atoms with Gasteiger partial charge in [-0.2, -0.15) is 0 Å². The molecule has 0 amide bonds. The Morgan fingerprint density at radius 2 is 2.21 bits per heavy atom. The summed E-state index contributed by atoms with van der Waals surface area (Å²) in [6.07, 6.45) is 0.513. The number of benzene rings is 1. The van der Waals surface area contributed by atoms with Gasteiger partial charge in [0, 0.05) is 17.5 Å². The zero-order chi connectivity index (χ0) is 14.0. The van der Waals surface area contributed by atoms with E-state index in [1.54, 1.807) is 0 Å². The number of halogens is 3. The highest BCUT2D eigenvalue weighted by Crippen LogP contribution is 2.30. The highest BCUT2D eigenvalue weighted by Gasteiger charge is 2.19. The van der Waals surface area contributed by atoms with E-state index < -0.39 is 11.6 Å². The van der Waals surface area contributed by atoms with Crippen molar-refractivity contribution in [2.24, 2.45) is 5.84 Å². The van der Waals surface area contributed by atoms with Gasteiger partial charge in [0.25, 0.3) is 0 Å². The summed E-state index contributed by atoms with van der Waals surface area (Å²) in [7, 11) is 0. The van der Waals surface area contributed by atoms with Gasteiger partial charge in [0.15, 0.2) is 11.6 Å². The quantitative estimate of drug-likeness (QED) is 0.507. The summed E-state index contributed by atoms with van der Waals surface area (Å²) < 4.78 is 26.7. The predicted molar refractivity (Wildman–Crippen MR) is 74.7 cm³/mol. The van der Waals surface area contributed by atoms with Gasteiger partial charge in [-0.05, 0) is 34.5 Å². The zero-order valence-electron chi connectivity index (χ0n) is 10.1. The minimum atomic E-state index is -0.909. The van der Waals surface area contributed by atoms with Crippen molar-refractivity contribution in [2.75, 3.05) is 0 Å². The van der Waals surface area contributed by atoms with E-state index in [2.05, 4.69) is 26.3 Å². The summed E-state index contributed by atoms with van der Waals surface area (Å²) in [6, 6.07) is 2.26. The molecule has 1 aromatic carbocycles.